The van der Waals surface area contributed by atoms with E-state index >= 15 is 0 Å². The Morgan fingerprint density at radius 2 is 1.83 bits per heavy atom. The largest absolute Gasteiger partial charge is 0.444 e. The highest BCUT2D eigenvalue weighted by molar-refractivity contribution is 5.70. The van der Waals surface area contributed by atoms with Gasteiger partial charge in [-0.2, -0.15) is 4.98 Å². The molecule has 0 saturated carbocycles. The van der Waals surface area contributed by atoms with Gasteiger partial charge in [0.05, 0.1) is 5.69 Å². The summed E-state index contributed by atoms with van der Waals surface area (Å²) >= 11 is 0. The zero-order valence-corrected chi connectivity index (χ0v) is 21.6. The van der Waals surface area contributed by atoms with Crippen molar-refractivity contribution in [1.82, 2.24) is 19.4 Å². The number of likely N-dealkylation sites (tertiary alicyclic amines) is 1. The van der Waals surface area contributed by atoms with Crippen molar-refractivity contribution in [2.75, 3.05) is 30.4 Å². The number of nitrogens with zero attached hydrogens (tertiary/aromatic N) is 5. The summed E-state index contributed by atoms with van der Waals surface area (Å²) in [7, 11) is 3.67. The second kappa shape index (κ2) is 10.4. The number of ether oxygens (including phenoxy) is 1. The molecular weight excluding hydrogens is 456 g/mol. The molecule has 1 aliphatic heterocycles. The summed E-state index contributed by atoms with van der Waals surface area (Å²) in [6.07, 6.45) is 4.81. The number of rotatable bonds is 5. The number of piperidine rings is 1. The first-order chi connectivity index (χ1) is 17.1. The zero-order chi connectivity index (χ0) is 25.9. The molecule has 3 heterocycles. The quantitative estimate of drug-likeness (QED) is 0.566. The van der Waals surface area contributed by atoms with Crippen molar-refractivity contribution in [2.24, 2.45) is 7.05 Å². The molecule has 0 atom stereocenters. The molecule has 36 heavy (non-hydrogen) atoms. The Bertz CT molecular complexity index is 1260. The number of hydrogen-bond acceptors (Lipinski definition) is 7. The highest BCUT2D eigenvalue weighted by Crippen LogP contribution is 2.26. The fourth-order valence-corrected chi connectivity index (χ4v) is 4.16. The van der Waals surface area contributed by atoms with Gasteiger partial charge in [0.1, 0.15) is 11.4 Å². The first-order valence-electron chi connectivity index (χ1n) is 12.2. The molecule has 3 aromatic rings. The topological polar surface area (TPSA) is 92.6 Å². The molecule has 4 rings (SSSR count). The maximum absolute atomic E-state index is 12.8. The van der Waals surface area contributed by atoms with Crippen LogP contribution in [0.5, 0.6) is 0 Å². The van der Waals surface area contributed by atoms with E-state index in [2.05, 4.69) is 10.3 Å². The van der Waals surface area contributed by atoms with Gasteiger partial charge in [0.15, 0.2) is 0 Å². The lowest BCUT2D eigenvalue weighted by Gasteiger charge is -2.33. The Labute approximate surface area is 211 Å². The molecule has 1 aliphatic rings. The van der Waals surface area contributed by atoms with Crippen molar-refractivity contribution in [3.05, 3.63) is 65.2 Å². The minimum Gasteiger partial charge on any atom is -0.444 e. The smallest absolute Gasteiger partial charge is 0.410 e. The van der Waals surface area contributed by atoms with Gasteiger partial charge < -0.3 is 24.4 Å². The van der Waals surface area contributed by atoms with Gasteiger partial charge >= 0.3 is 6.09 Å². The van der Waals surface area contributed by atoms with Crippen molar-refractivity contribution in [3.63, 3.8) is 0 Å². The number of amides is 1. The fourth-order valence-electron chi connectivity index (χ4n) is 4.16. The van der Waals surface area contributed by atoms with E-state index in [1.165, 1.54) is 0 Å². The Balaban J connectivity index is 1.45. The highest BCUT2D eigenvalue weighted by atomic mass is 16.6. The minimum absolute atomic E-state index is 0.0545. The Morgan fingerprint density at radius 1 is 1.14 bits per heavy atom. The van der Waals surface area contributed by atoms with Crippen LogP contribution in [0, 0.1) is 0 Å². The number of carbonyl (C=O) groups excluding carboxylic acids is 1. The number of nitrogens with one attached hydrogen (secondary N) is 1. The molecule has 9 nitrogen and oxygen atoms in total. The molecule has 1 N–H and O–H groups in total. The second-order valence-corrected chi connectivity index (χ2v) is 10.1. The molecule has 0 spiro atoms. The third-order valence-corrected chi connectivity index (χ3v) is 6.11. The van der Waals surface area contributed by atoms with E-state index in [1.807, 2.05) is 75.2 Å². The number of aryl methyl sites for hydroxylation is 1. The Kier molecular flexibility index (Phi) is 7.28. The average Bonchev–Trinajstić information content (AvgIpc) is 2.85. The van der Waals surface area contributed by atoms with Crippen LogP contribution in [0.15, 0.2) is 59.7 Å². The Hall–Kier alpha value is -3.88. The lowest BCUT2D eigenvalue weighted by molar-refractivity contribution is 0.0210. The third kappa shape index (κ3) is 6.02. The van der Waals surface area contributed by atoms with E-state index in [0.717, 1.165) is 24.1 Å². The first-order valence-corrected chi connectivity index (χ1v) is 12.2. The summed E-state index contributed by atoms with van der Waals surface area (Å²) in [6, 6.07) is 13.5. The SMILES string of the molecule is CN(c1cc(-c2ccccc2)c(=O)n(C)c1)c1ccnc(NC2CCN(C(=O)OC(C)(C)C)CC2)n1. The predicted octanol–water partition coefficient (Wildman–Crippen LogP) is 4.42. The molecule has 9 heteroatoms. The van der Waals surface area contributed by atoms with Crippen LogP contribution in [0.25, 0.3) is 11.1 Å². The number of aromatic nitrogens is 3. The molecule has 0 unspecified atom stereocenters. The van der Waals surface area contributed by atoms with Crippen LogP contribution in [0.1, 0.15) is 33.6 Å². The van der Waals surface area contributed by atoms with Crippen molar-refractivity contribution in [3.8, 4) is 11.1 Å². The van der Waals surface area contributed by atoms with Gasteiger partial charge in [0, 0.05) is 51.2 Å². The van der Waals surface area contributed by atoms with Crippen LogP contribution >= 0.6 is 0 Å². The minimum atomic E-state index is -0.501. The van der Waals surface area contributed by atoms with Crippen LogP contribution in [0.4, 0.5) is 22.2 Å². The molecule has 0 bridgehead atoms. The van der Waals surface area contributed by atoms with Gasteiger partial charge in [0.2, 0.25) is 5.95 Å². The maximum atomic E-state index is 12.8. The molecule has 1 fully saturated rings. The van der Waals surface area contributed by atoms with Crippen LogP contribution in [0.3, 0.4) is 0 Å². The monoisotopic (exact) mass is 490 g/mol. The zero-order valence-electron chi connectivity index (χ0n) is 21.6. The van der Waals surface area contributed by atoms with Crippen molar-refractivity contribution in [1.29, 1.82) is 0 Å². The lowest BCUT2D eigenvalue weighted by atomic mass is 10.1. The number of anilines is 3. The summed E-state index contributed by atoms with van der Waals surface area (Å²) in [6.45, 7) is 6.85. The number of benzene rings is 1. The van der Waals surface area contributed by atoms with E-state index in [4.69, 9.17) is 9.72 Å². The summed E-state index contributed by atoms with van der Waals surface area (Å²) in [4.78, 5) is 37.9. The molecule has 0 aliphatic carbocycles. The van der Waals surface area contributed by atoms with Crippen molar-refractivity contribution < 1.29 is 9.53 Å². The van der Waals surface area contributed by atoms with E-state index in [1.54, 1.807) is 28.9 Å². The highest BCUT2D eigenvalue weighted by Gasteiger charge is 2.27. The Morgan fingerprint density at radius 3 is 2.50 bits per heavy atom. The van der Waals surface area contributed by atoms with Gasteiger partial charge in [-0.05, 0) is 51.3 Å². The van der Waals surface area contributed by atoms with Gasteiger partial charge in [-0.15, -0.1) is 0 Å². The van der Waals surface area contributed by atoms with Crippen molar-refractivity contribution in [2.45, 2.75) is 45.3 Å². The second-order valence-electron chi connectivity index (χ2n) is 10.1. The maximum Gasteiger partial charge on any atom is 0.410 e. The molecule has 0 radical (unpaired) electrons. The molecule has 1 aromatic carbocycles. The van der Waals surface area contributed by atoms with Gasteiger partial charge in [-0.25, -0.2) is 9.78 Å². The summed E-state index contributed by atoms with van der Waals surface area (Å²) in [5.74, 6) is 1.24. The molecule has 1 saturated heterocycles. The number of carbonyl (C=O) groups is 1. The summed E-state index contributed by atoms with van der Waals surface area (Å²) in [5, 5.41) is 3.41. The lowest BCUT2D eigenvalue weighted by Crippen LogP contribution is -2.44. The predicted molar refractivity (Wildman–Crippen MR) is 142 cm³/mol. The molecule has 1 amide bonds. The van der Waals surface area contributed by atoms with Gasteiger partial charge in [-0.1, -0.05) is 30.3 Å². The standard InChI is InChI=1S/C27H34N6O3/c1-27(2,3)36-26(35)33-15-12-20(13-16-33)29-25-28-14-11-23(30-25)32(5)21-17-22(24(34)31(4)18-21)19-9-7-6-8-10-19/h6-11,14,17-18,20H,12-13,15-16H2,1-5H3,(H,28,29,30). The fraction of sp³-hybridized carbons (Fsp3) is 0.407. The van der Waals surface area contributed by atoms with Crippen LogP contribution in [-0.4, -0.2) is 57.3 Å². The van der Waals surface area contributed by atoms with Gasteiger partial charge in [0.25, 0.3) is 5.56 Å². The van der Waals surface area contributed by atoms with Crippen molar-refractivity contribution >= 4 is 23.5 Å². The third-order valence-electron chi connectivity index (χ3n) is 6.11. The first kappa shape index (κ1) is 25.2. The van der Waals surface area contributed by atoms with E-state index in [-0.39, 0.29) is 17.7 Å². The summed E-state index contributed by atoms with van der Waals surface area (Å²) in [5.41, 5.74) is 1.79. The van der Waals surface area contributed by atoms with E-state index < -0.39 is 5.60 Å². The average molecular weight is 491 g/mol. The van der Waals surface area contributed by atoms with Crippen LogP contribution in [-0.2, 0) is 11.8 Å². The van der Waals surface area contributed by atoms with Gasteiger partial charge in [-0.3, -0.25) is 4.79 Å². The number of hydrogen-bond donors (Lipinski definition) is 1. The molecular formula is C27H34N6O3. The molecule has 2 aromatic heterocycles. The van der Waals surface area contributed by atoms with E-state index in [9.17, 15) is 9.59 Å². The number of pyridine rings is 1. The van der Waals surface area contributed by atoms with Crippen LogP contribution in [0.2, 0.25) is 0 Å². The normalized spacial score (nSPS) is 14.4. The molecule has 190 valence electrons. The van der Waals surface area contributed by atoms with E-state index in [0.29, 0.717) is 30.4 Å². The summed E-state index contributed by atoms with van der Waals surface area (Å²) < 4.78 is 7.07. The van der Waals surface area contributed by atoms with Crippen LogP contribution < -0.4 is 15.8 Å².